The lowest BCUT2D eigenvalue weighted by Gasteiger charge is -2.07. The lowest BCUT2D eigenvalue weighted by molar-refractivity contribution is -0.115. The molecule has 0 aliphatic rings. The zero-order valence-corrected chi connectivity index (χ0v) is 15.1. The van der Waals surface area contributed by atoms with Crippen LogP contribution in [0.25, 0.3) is 17.3 Å². The predicted molar refractivity (Wildman–Crippen MR) is 98.3 cm³/mol. The normalized spacial score (nSPS) is 10.9. The highest BCUT2D eigenvalue weighted by Gasteiger charge is 2.17. The second-order valence-electron chi connectivity index (χ2n) is 6.26. The van der Waals surface area contributed by atoms with Crippen molar-refractivity contribution in [3.05, 3.63) is 42.7 Å². The van der Waals surface area contributed by atoms with E-state index in [1.165, 1.54) is 0 Å². The minimum absolute atomic E-state index is 0.0286. The molecule has 0 spiro atoms. The summed E-state index contributed by atoms with van der Waals surface area (Å²) in [5, 5.41) is 7.27. The molecule has 2 aromatic heterocycles. The maximum atomic E-state index is 11.5. The van der Waals surface area contributed by atoms with Crippen molar-refractivity contribution in [3.63, 3.8) is 0 Å². The summed E-state index contributed by atoms with van der Waals surface area (Å²) in [6, 6.07) is 11.3. The first-order valence-electron chi connectivity index (χ1n) is 8.61. The summed E-state index contributed by atoms with van der Waals surface area (Å²) in [4.78, 5) is 16.0. The van der Waals surface area contributed by atoms with Crippen molar-refractivity contribution in [2.24, 2.45) is 5.92 Å². The van der Waals surface area contributed by atoms with Gasteiger partial charge in [0, 0.05) is 12.1 Å². The molecule has 1 N–H and O–H groups in total. The Labute approximate surface area is 152 Å². The summed E-state index contributed by atoms with van der Waals surface area (Å²) in [5.74, 6) is 1.49. The number of nitrogens with one attached hydrogen (secondary N) is 1. The van der Waals surface area contributed by atoms with Crippen LogP contribution in [0.15, 0.2) is 47.1 Å². The van der Waals surface area contributed by atoms with Crippen LogP contribution < -0.4 is 10.1 Å². The highest BCUT2D eigenvalue weighted by Crippen LogP contribution is 2.25. The third kappa shape index (κ3) is 4.11. The fourth-order valence-corrected chi connectivity index (χ4v) is 2.28. The summed E-state index contributed by atoms with van der Waals surface area (Å²) in [7, 11) is 0. The van der Waals surface area contributed by atoms with Crippen LogP contribution in [0.2, 0.25) is 0 Å². The van der Waals surface area contributed by atoms with Gasteiger partial charge in [0.15, 0.2) is 5.76 Å². The third-order valence-electron chi connectivity index (χ3n) is 3.59. The average molecular weight is 354 g/mol. The Hall–Kier alpha value is -3.09. The van der Waals surface area contributed by atoms with Crippen molar-refractivity contribution in [3.8, 4) is 23.3 Å². The number of benzene rings is 1. The first-order valence-corrected chi connectivity index (χ1v) is 8.61. The Bertz CT molecular complexity index is 852. The van der Waals surface area contributed by atoms with Gasteiger partial charge in [0.2, 0.25) is 11.7 Å². The number of amides is 1. The molecule has 1 aromatic carbocycles. The molecule has 0 aliphatic heterocycles. The number of nitrogens with zero attached hydrogens (tertiary/aromatic N) is 3. The van der Waals surface area contributed by atoms with Gasteiger partial charge >= 0.3 is 6.01 Å². The Morgan fingerprint density at radius 1 is 1.27 bits per heavy atom. The number of ether oxygens (including phenoxy) is 1. The molecule has 0 saturated heterocycles. The van der Waals surface area contributed by atoms with Crippen molar-refractivity contribution >= 4 is 11.6 Å². The molecule has 3 rings (SSSR count). The number of anilines is 1. The van der Waals surface area contributed by atoms with Crippen molar-refractivity contribution in [2.75, 3.05) is 11.9 Å². The first kappa shape index (κ1) is 17.7. The minimum atomic E-state index is -0.0286. The van der Waals surface area contributed by atoms with E-state index in [1.807, 2.05) is 37.3 Å². The Balaban J connectivity index is 1.91. The number of hydrogen-bond acceptors (Lipinski definition) is 5. The molecule has 0 aliphatic carbocycles. The van der Waals surface area contributed by atoms with Gasteiger partial charge in [0.1, 0.15) is 0 Å². The van der Waals surface area contributed by atoms with Crippen LogP contribution in [0.4, 0.5) is 5.69 Å². The van der Waals surface area contributed by atoms with Gasteiger partial charge < -0.3 is 14.5 Å². The molecule has 136 valence electrons. The van der Waals surface area contributed by atoms with Crippen LogP contribution in [-0.4, -0.2) is 27.3 Å². The average Bonchev–Trinajstić information content (AvgIpc) is 3.30. The van der Waals surface area contributed by atoms with E-state index >= 15 is 0 Å². The van der Waals surface area contributed by atoms with Gasteiger partial charge in [-0.3, -0.25) is 4.79 Å². The van der Waals surface area contributed by atoms with E-state index in [1.54, 1.807) is 17.0 Å². The van der Waals surface area contributed by atoms with Gasteiger partial charge in [-0.2, -0.15) is 4.98 Å². The maximum absolute atomic E-state index is 11.5. The third-order valence-corrected chi connectivity index (χ3v) is 3.59. The highest BCUT2D eigenvalue weighted by atomic mass is 16.5. The lowest BCUT2D eigenvalue weighted by atomic mass is 10.2. The Morgan fingerprint density at radius 2 is 2.04 bits per heavy atom. The Kier molecular flexibility index (Phi) is 5.36. The lowest BCUT2D eigenvalue weighted by Crippen LogP contribution is -2.09. The van der Waals surface area contributed by atoms with E-state index in [0.29, 0.717) is 36.5 Å². The van der Waals surface area contributed by atoms with Crippen LogP contribution in [-0.2, 0) is 4.79 Å². The van der Waals surface area contributed by atoms with Crippen molar-refractivity contribution in [2.45, 2.75) is 27.2 Å². The van der Waals surface area contributed by atoms with Gasteiger partial charge in [-0.15, -0.1) is 5.10 Å². The molecule has 3 aromatic rings. The molecule has 1 amide bonds. The number of rotatable bonds is 7. The second kappa shape index (κ2) is 7.86. The molecule has 0 bridgehead atoms. The molecule has 0 radical (unpaired) electrons. The van der Waals surface area contributed by atoms with Gasteiger partial charge in [-0.05, 0) is 42.3 Å². The largest absolute Gasteiger partial charge is 0.462 e. The van der Waals surface area contributed by atoms with E-state index in [-0.39, 0.29) is 5.91 Å². The highest BCUT2D eigenvalue weighted by molar-refractivity contribution is 5.90. The quantitative estimate of drug-likeness (QED) is 0.695. The van der Waals surface area contributed by atoms with E-state index < -0.39 is 0 Å². The van der Waals surface area contributed by atoms with E-state index in [0.717, 1.165) is 11.4 Å². The summed E-state index contributed by atoms with van der Waals surface area (Å²) in [6.45, 7) is 6.47. The molecule has 0 saturated carbocycles. The predicted octanol–water partition coefficient (Wildman–Crippen LogP) is 3.91. The number of aromatic nitrogens is 3. The van der Waals surface area contributed by atoms with Gasteiger partial charge in [0.25, 0.3) is 0 Å². The van der Waals surface area contributed by atoms with Crippen LogP contribution in [0, 0.1) is 5.92 Å². The molecular weight excluding hydrogens is 332 g/mol. The smallest absolute Gasteiger partial charge is 0.336 e. The topological polar surface area (TPSA) is 82.2 Å². The summed E-state index contributed by atoms with van der Waals surface area (Å²) in [6.07, 6.45) is 2.02. The second-order valence-corrected chi connectivity index (χ2v) is 6.26. The van der Waals surface area contributed by atoms with Crippen LogP contribution in [0.3, 0.4) is 0 Å². The zero-order chi connectivity index (χ0) is 18.5. The van der Waals surface area contributed by atoms with Crippen molar-refractivity contribution in [1.29, 1.82) is 0 Å². The number of carbonyl (C=O) groups is 1. The van der Waals surface area contributed by atoms with Crippen LogP contribution in [0.1, 0.15) is 27.2 Å². The number of furan rings is 1. The maximum Gasteiger partial charge on any atom is 0.336 e. The number of hydrogen-bond donors (Lipinski definition) is 1. The zero-order valence-electron chi connectivity index (χ0n) is 15.1. The Morgan fingerprint density at radius 3 is 2.65 bits per heavy atom. The molecule has 7 heteroatoms. The van der Waals surface area contributed by atoms with Crippen LogP contribution in [0.5, 0.6) is 6.01 Å². The summed E-state index contributed by atoms with van der Waals surface area (Å²) >= 11 is 0. The number of carbonyl (C=O) groups excluding carboxylic acids is 1. The van der Waals surface area contributed by atoms with Gasteiger partial charge in [-0.25, -0.2) is 4.68 Å². The fourth-order valence-electron chi connectivity index (χ4n) is 2.28. The van der Waals surface area contributed by atoms with E-state index in [2.05, 4.69) is 29.2 Å². The van der Waals surface area contributed by atoms with Crippen LogP contribution >= 0.6 is 0 Å². The molecule has 0 atom stereocenters. The monoisotopic (exact) mass is 354 g/mol. The first-order chi connectivity index (χ1) is 12.6. The van der Waals surface area contributed by atoms with Gasteiger partial charge in [-0.1, -0.05) is 20.8 Å². The molecule has 0 unspecified atom stereocenters. The summed E-state index contributed by atoms with van der Waals surface area (Å²) in [5.41, 5.74) is 1.52. The molecule has 26 heavy (non-hydrogen) atoms. The summed E-state index contributed by atoms with van der Waals surface area (Å²) < 4.78 is 12.8. The fraction of sp³-hybridized carbons (Fsp3) is 0.316. The van der Waals surface area contributed by atoms with E-state index in [9.17, 15) is 4.79 Å². The minimum Gasteiger partial charge on any atom is -0.462 e. The molecular formula is C19H22N4O3. The SMILES string of the molecule is CCC(=O)Nc1ccc(-n2nc(OCC(C)C)nc2-c2ccco2)cc1. The van der Waals surface area contributed by atoms with Gasteiger partial charge in [0.05, 0.1) is 18.6 Å². The van der Waals surface area contributed by atoms with E-state index in [4.69, 9.17) is 9.15 Å². The molecule has 2 heterocycles. The van der Waals surface area contributed by atoms with Crippen molar-refractivity contribution in [1.82, 2.24) is 14.8 Å². The van der Waals surface area contributed by atoms with Crippen molar-refractivity contribution < 1.29 is 13.9 Å². The molecule has 0 fully saturated rings. The molecule has 7 nitrogen and oxygen atoms in total. The standard InChI is InChI=1S/C19H22N4O3/c1-4-17(24)20-14-7-9-15(10-8-14)23-18(16-6-5-11-25-16)21-19(22-23)26-12-13(2)3/h5-11,13H,4,12H2,1-3H3,(H,20,24).